The predicted octanol–water partition coefficient (Wildman–Crippen LogP) is 1.38. The highest BCUT2D eigenvalue weighted by atomic mass is 79.9. The lowest BCUT2D eigenvalue weighted by Crippen LogP contribution is -3.00. The van der Waals surface area contributed by atoms with Crippen LogP contribution >= 0.6 is 0 Å². The quantitative estimate of drug-likeness (QED) is 0.145. The number of rotatable bonds is 17. The third-order valence-corrected chi connectivity index (χ3v) is 7.49. The van der Waals surface area contributed by atoms with Crippen LogP contribution in [0.4, 0.5) is 5.69 Å². The summed E-state index contributed by atoms with van der Waals surface area (Å²) in [7, 11) is 0. The zero-order valence-corrected chi connectivity index (χ0v) is 27.2. The van der Waals surface area contributed by atoms with E-state index in [9.17, 15) is 0 Å². The molecule has 5 heteroatoms. The number of hydrogen-bond acceptors (Lipinski definition) is 1. The van der Waals surface area contributed by atoms with Crippen LogP contribution in [-0.4, -0.2) is 43.8 Å². The minimum atomic E-state index is 0. The van der Waals surface area contributed by atoms with Crippen molar-refractivity contribution in [2.45, 2.75) is 73.3 Å². The summed E-state index contributed by atoms with van der Waals surface area (Å²) in [6.07, 6.45) is 19.3. The Morgan fingerprint density at radius 1 is 0.676 bits per heavy atom. The van der Waals surface area contributed by atoms with Crippen LogP contribution in [0.15, 0.2) is 60.9 Å². The van der Waals surface area contributed by atoms with Crippen LogP contribution in [0.3, 0.4) is 0 Å². The van der Waals surface area contributed by atoms with Crippen LogP contribution in [0, 0.1) is 0 Å². The number of halogens is 2. The molecule has 0 aliphatic carbocycles. The summed E-state index contributed by atoms with van der Waals surface area (Å²) < 4.78 is 3.54. The van der Waals surface area contributed by atoms with Gasteiger partial charge in [-0.05, 0) is 56.9 Å². The molecule has 0 N–H and O–H groups in total. The molecule has 1 heterocycles. The van der Waals surface area contributed by atoms with Gasteiger partial charge in [-0.2, -0.15) is 0 Å². The van der Waals surface area contributed by atoms with Crippen molar-refractivity contribution in [1.82, 2.24) is 0 Å². The number of pyridine rings is 1. The average molecular weight is 638 g/mol. The summed E-state index contributed by atoms with van der Waals surface area (Å²) in [5, 5.41) is 0. The summed E-state index contributed by atoms with van der Waals surface area (Å²) in [4.78, 5) is 2.54. The zero-order chi connectivity index (χ0) is 25.4. The predicted molar refractivity (Wildman–Crippen MR) is 155 cm³/mol. The molecule has 0 saturated heterocycles. The molecule has 2 rings (SSSR count). The van der Waals surface area contributed by atoms with E-state index in [1.54, 1.807) is 0 Å². The maximum Gasteiger partial charge on any atom is 0.169 e. The van der Waals surface area contributed by atoms with Crippen molar-refractivity contribution in [1.29, 1.82) is 0 Å². The van der Waals surface area contributed by atoms with Gasteiger partial charge in [0.2, 0.25) is 0 Å². The third kappa shape index (κ3) is 12.8. The Hall–Kier alpha value is -1.43. The van der Waals surface area contributed by atoms with Gasteiger partial charge in [-0.25, -0.2) is 4.57 Å². The monoisotopic (exact) mass is 635 g/mol. The molecule has 37 heavy (non-hydrogen) atoms. The van der Waals surface area contributed by atoms with E-state index in [1.165, 1.54) is 79.6 Å². The number of allylic oxidation sites excluding steroid dienone is 2. The second-order valence-electron chi connectivity index (χ2n) is 9.74. The first-order chi connectivity index (χ1) is 17.1. The minimum absolute atomic E-state index is 0. The van der Waals surface area contributed by atoms with Crippen LogP contribution in [0.2, 0.25) is 0 Å². The summed E-state index contributed by atoms with van der Waals surface area (Å²) >= 11 is 0. The van der Waals surface area contributed by atoms with Crippen molar-refractivity contribution in [3.63, 3.8) is 0 Å². The highest BCUT2D eigenvalue weighted by molar-refractivity contribution is 5.59. The number of aromatic nitrogens is 1. The van der Waals surface area contributed by atoms with Crippen molar-refractivity contribution < 1.29 is 43.0 Å². The number of nitrogens with zero attached hydrogens (tertiary/aromatic N) is 3. The third-order valence-electron chi connectivity index (χ3n) is 7.49. The molecule has 0 saturated carbocycles. The van der Waals surface area contributed by atoms with Crippen molar-refractivity contribution in [3.05, 3.63) is 72.1 Å². The fraction of sp³-hybridized carbons (Fsp3) is 0.531. The minimum Gasteiger partial charge on any atom is -1.00 e. The molecule has 0 atom stereocenters. The number of unbranched alkanes of at least 4 members (excludes halogenated alkanes) is 2. The molecule has 0 unspecified atom stereocenters. The van der Waals surface area contributed by atoms with Crippen molar-refractivity contribution >= 4 is 17.8 Å². The van der Waals surface area contributed by atoms with Crippen molar-refractivity contribution in [2.24, 2.45) is 0 Å². The maximum atomic E-state index is 2.54. The van der Waals surface area contributed by atoms with Gasteiger partial charge in [0.05, 0.1) is 32.6 Å². The lowest BCUT2D eigenvalue weighted by atomic mass is 10.1. The fourth-order valence-electron chi connectivity index (χ4n) is 4.66. The Balaban J connectivity index is 0.00000648. The molecular weight excluding hydrogens is 586 g/mol. The first kappa shape index (κ1) is 35.6. The molecule has 1 aromatic carbocycles. The summed E-state index contributed by atoms with van der Waals surface area (Å²) in [6.45, 7) is 19.9. The normalized spacial score (nSPS) is 11.5. The Morgan fingerprint density at radius 3 is 1.62 bits per heavy atom. The lowest BCUT2D eigenvalue weighted by molar-refractivity contribution is -0.925. The molecule has 0 aliphatic heterocycles. The Kier molecular flexibility index (Phi) is 19.7. The van der Waals surface area contributed by atoms with Crippen LogP contribution in [-0.2, 0) is 6.54 Å². The standard InChI is InChI=1S/C32H51N3.2BrH/c1-6-11-25-34(26-12-7-2)32-20-18-30(19-21-32)16-13-14-17-31-22-27-33(28-23-31)24-15-29-35(8-3,9-4)10-5;;/h13-14,16-23,27-28H,6-12,15,24-26,29H2,1-5H3;2*1H/q+2;;/p-2. The van der Waals surface area contributed by atoms with E-state index in [-0.39, 0.29) is 34.0 Å². The molecule has 0 spiro atoms. The van der Waals surface area contributed by atoms with Gasteiger partial charge >= 0.3 is 0 Å². The van der Waals surface area contributed by atoms with Gasteiger partial charge < -0.3 is 43.3 Å². The van der Waals surface area contributed by atoms with E-state index in [1.807, 2.05) is 0 Å². The maximum absolute atomic E-state index is 2.54. The van der Waals surface area contributed by atoms with Gasteiger partial charge in [-0.3, -0.25) is 0 Å². The second-order valence-corrected chi connectivity index (χ2v) is 9.74. The van der Waals surface area contributed by atoms with Crippen molar-refractivity contribution in [2.75, 3.05) is 44.2 Å². The van der Waals surface area contributed by atoms with E-state index in [2.05, 4.69) is 117 Å². The number of aryl methyl sites for hydroxylation is 1. The first-order valence-corrected chi connectivity index (χ1v) is 14.1. The van der Waals surface area contributed by atoms with Gasteiger partial charge in [0.1, 0.15) is 0 Å². The van der Waals surface area contributed by atoms with Gasteiger partial charge in [0.25, 0.3) is 0 Å². The average Bonchev–Trinajstić information content (AvgIpc) is 2.91. The van der Waals surface area contributed by atoms with Gasteiger partial charge in [0, 0.05) is 30.9 Å². The van der Waals surface area contributed by atoms with E-state index < -0.39 is 0 Å². The lowest BCUT2D eigenvalue weighted by Gasteiger charge is -2.35. The van der Waals surface area contributed by atoms with Crippen LogP contribution in [0.1, 0.15) is 77.8 Å². The number of benzene rings is 1. The SMILES string of the molecule is CCCCN(CCCC)c1ccc(C=CC=Cc2cc[n+](CCC[N+](CC)(CC)CC)cc2)cc1.[Br-].[Br-]. The molecule has 0 aliphatic rings. The van der Waals surface area contributed by atoms with E-state index in [0.717, 1.165) is 19.6 Å². The molecule has 0 fully saturated rings. The molecular formula is C32H51Br2N3. The smallest absolute Gasteiger partial charge is 0.169 e. The fourth-order valence-corrected chi connectivity index (χ4v) is 4.66. The highest BCUT2D eigenvalue weighted by Gasteiger charge is 2.20. The molecule has 0 radical (unpaired) electrons. The summed E-state index contributed by atoms with van der Waals surface area (Å²) in [6, 6.07) is 13.4. The topological polar surface area (TPSA) is 7.12 Å². The summed E-state index contributed by atoms with van der Waals surface area (Å²) in [5.41, 5.74) is 3.83. The molecule has 0 bridgehead atoms. The zero-order valence-electron chi connectivity index (χ0n) is 24.0. The Morgan fingerprint density at radius 2 is 1.16 bits per heavy atom. The van der Waals surface area contributed by atoms with E-state index in [4.69, 9.17) is 0 Å². The summed E-state index contributed by atoms with van der Waals surface area (Å²) in [5.74, 6) is 0. The highest BCUT2D eigenvalue weighted by Crippen LogP contribution is 2.18. The molecule has 1 aromatic heterocycles. The molecule has 3 nitrogen and oxygen atoms in total. The molecule has 208 valence electrons. The van der Waals surface area contributed by atoms with Crippen LogP contribution < -0.4 is 43.4 Å². The van der Waals surface area contributed by atoms with Crippen LogP contribution in [0.5, 0.6) is 0 Å². The molecule has 2 aromatic rings. The first-order valence-electron chi connectivity index (χ1n) is 14.1. The van der Waals surface area contributed by atoms with Gasteiger partial charge in [-0.1, -0.05) is 63.1 Å². The number of hydrogen-bond donors (Lipinski definition) is 0. The van der Waals surface area contributed by atoms with E-state index >= 15 is 0 Å². The van der Waals surface area contributed by atoms with E-state index in [0.29, 0.717) is 0 Å². The molecule has 0 amide bonds. The van der Waals surface area contributed by atoms with Gasteiger partial charge in [-0.15, -0.1) is 0 Å². The van der Waals surface area contributed by atoms with Crippen molar-refractivity contribution in [3.8, 4) is 0 Å². The van der Waals surface area contributed by atoms with Gasteiger partial charge in [0.15, 0.2) is 18.9 Å². The second kappa shape index (κ2) is 20.5. The van der Waals surface area contributed by atoms with Crippen LogP contribution in [0.25, 0.3) is 12.2 Å². The largest absolute Gasteiger partial charge is 1.00 e. The Bertz CT molecular complexity index is 856. The number of anilines is 1. The Labute approximate surface area is 249 Å². The number of quaternary nitrogens is 1.